The zero-order chi connectivity index (χ0) is 17.3. The highest BCUT2D eigenvalue weighted by Crippen LogP contribution is 2.32. The van der Waals surface area contributed by atoms with E-state index in [0.29, 0.717) is 22.7 Å². The first-order chi connectivity index (χ1) is 9.82. The Kier molecular flexibility index (Phi) is 4.75. The van der Waals surface area contributed by atoms with Gasteiger partial charge in [-0.1, -0.05) is 41.5 Å². The molecule has 6 N–H and O–H groups in total. The molecule has 0 saturated carbocycles. The zero-order valence-electron chi connectivity index (χ0n) is 14.1. The average Bonchev–Trinajstić information content (AvgIpc) is 2.32. The van der Waals surface area contributed by atoms with Crippen LogP contribution in [0, 0.1) is 10.8 Å². The third-order valence-electron chi connectivity index (χ3n) is 3.08. The van der Waals surface area contributed by atoms with Gasteiger partial charge in [0, 0.05) is 10.8 Å². The number of benzene rings is 1. The van der Waals surface area contributed by atoms with Crippen molar-refractivity contribution in [1.29, 1.82) is 0 Å². The molecule has 0 spiro atoms. The van der Waals surface area contributed by atoms with Crippen molar-refractivity contribution in [2.45, 2.75) is 41.5 Å². The van der Waals surface area contributed by atoms with Gasteiger partial charge in [0.25, 0.3) is 0 Å². The summed E-state index contributed by atoms with van der Waals surface area (Å²) in [7, 11) is 0. The summed E-state index contributed by atoms with van der Waals surface area (Å²) in [4.78, 5) is 24.3. The van der Waals surface area contributed by atoms with E-state index >= 15 is 0 Å². The molecule has 0 fully saturated rings. The van der Waals surface area contributed by atoms with E-state index in [0.717, 1.165) is 0 Å². The minimum atomic E-state index is -0.568. The minimum absolute atomic E-state index is 0.178. The molecule has 0 atom stereocenters. The van der Waals surface area contributed by atoms with Crippen LogP contribution >= 0.6 is 0 Å². The Morgan fingerprint density at radius 3 is 1.27 bits per heavy atom. The molecule has 122 valence electrons. The van der Waals surface area contributed by atoms with Crippen LogP contribution in [-0.2, 0) is 9.59 Å². The summed E-state index contributed by atoms with van der Waals surface area (Å²) in [6.45, 7) is 10.8. The van der Waals surface area contributed by atoms with Gasteiger partial charge in [-0.15, -0.1) is 0 Å². The summed E-state index contributed by atoms with van der Waals surface area (Å²) in [5, 5.41) is 5.57. The van der Waals surface area contributed by atoms with E-state index in [1.807, 2.05) is 0 Å². The highest BCUT2D eigenvalue weighted by molar-refractivity contribution is 6.04. The number of hydrogen-bond acceptors (Lipinski definition) is 4. The molecule has 2 amide bonds. The molecule has 6 nitrogen and oxygen atoms in total. The molecule has 0 radical (unpaired) electrons. The number of carbonyl (C=O) groups excluding carboxylic acids is 2. The van der Waals surface area contributed by atoms with E-state index in [1.54, 1.807) is 53.7 Å². The highest BCUT2D eigenvalue weighted by atomic mass is 16.2. The van der Waals surface area contributed by atoms with Crippen LogP contribution in [0.25, 0.3) is 0 Å². The van der Waals surface area contributed by atoms with Gasteiger partial charge in [0.1, 0.15) is 0 Å². The lowest BCUT2D eigenvalue weighted by Gasteiger charge is -2.23. The first kappa shape index (κ1) is 17.8. The van der Waals surface area contributed by atoms with Gasteiger partial charge in [-0.3, -0.25) is 9.59 Å². The lowest BCUT2D eigenvalue weighted by atomic mass is 9.95. The fourth-order valence-electron chi connectivity index (χ4n) is 1.46. The average molecular weight is 306 g/mol. The molecule has 0 aliphatic rings. The number of hydrogen-bond donors (Lipinski definition) is 4. The van der Waals surface area contributed by atoms with E-state index in [2.05, 4.69) is 10.6 Å². The van der Waals surface area contributed by atoms with Crippen molar-refractivity contribution in [3.63, 3.8) is 0 Å². The highest BCUT2D eigenvalue weighted by Gasteiger charge is 2.25. The summed E-state index contributed by atoms with van der Waals surface area (Å²) in [5.41, 5.74) is 12.0. The number of anilines is 4. The van der Waals surface area contributed by atoms with Crippen LogP contribution in [0.2, 0.25) is 0 Å². The number of nitrogens with two attached hydrogens (primary N) is 2. The number of carbonyl (C=O) groups is 2. The maximum atomic E-state index is 12.2. The maximum Gasteiger partial charge on any atom is 0.229 e. The predicted molar refractivity (Wildman–Crippen MR) is 91.4 cm³/mol. The van der Waals surface area contributed by atoms with Crippen molar-refractivity contribution in [2.24, 2.45) is 10.8 Å². The van der Waals surface area contributed by atoms with Gasteiger partial charge < -0.3 is 22.1 Å². The Labute approximate surface area is 131 Å². The summed E-state index contributed by atoms with van der Waals surface area (Å²) >= 11 is 0. The van der Waals surface area contributed by atoms with Gasteiger partial charge in [0.05, 0.1) is 22.7 Å². The fraction of sp³-hybridized carbons (Fsp3) is 0.500. The second-order valence-electron chi connectivity index (χ2n) is 7.43. The Morgan fingerprint density at radius 1 is 0.773 bits per heavy atom. The third-order valence-corrected chi connectivity index (χ3v) is 3.08. The molecular weight excluding hydrogens is 280 g/mol. The van der Waals surface area contributed by atoms with Crippen molar-refractivity contribution in [2.75, 3.05) is 22.1 Å². The van der Waals surface area contributed by atoms with E-state index in [4.69, 9.17) is 11.5 Å². The van der Waals surface area contributed by atoms with Gasteiger partial charge in [0.2, 0.25) is 11.8 Å². The molecule has 0 heterocycles. The number of nitrogen functional groups attached to an aromatic ring is 2. The van der Waals surface area contributed by atoms with Crippen molar-refractivity contribution < 1.29 is 9.59 Å². The largest absolute Gasteiger partial charge is 0.397 e. The Morgan fingerprint density at radius 2 is 1.05 bits per heavy atom. The van der Waals surface area contributed by atoms with Gasteiger partial charge >= 0.3 is 0 Å². The van der Waals surface area contributed by atoms with E-state index < -0.39 is 10.8 Å². The summed E-state index contributed by atoms with van der Waals surface area (Å²) in [5.74, 6) is -0.356. The van der Waals surface area contributed by atoms with Crippen molar-refractivity contribution in [1.82, 2.24) is 0 Å². The molecule has 6 heteroatoms. The number of rotatable bonds is 2. The number of amides is 2. The molecule has 0 aliphatic heterocycles. The van der Waals surface area contributed by atoms with E-state index in [1.165, 1.54) is 0 Å². The molecule has 0 bridgehead atoms. The topological polar surface area (TPSA) is 110 Å². The molecule has 0 aromatic heterocycles. The summed E-state index contributed by atoms with van der Waals surface area (Å²) in [6.07, 6.45) is 0. The smallest absolute Gasteiger partial charge is 0.229 e. The maximum absolute atomic E-state index is 12.2. The van der Waals surface area contributed by atoms with E-state index in [9.17, 15) is 9.59 Å². The third kappa shape index (κ3) is 4.38. The van der Waals surface area contributed by atoms with Crippen LogP contribution < -0.4 is 22.1 Å². The van der Waals surface area contributed by atoms with Crippen LogP contribution in [0.1, 0.15) is 41.5 Å². The zero-order valence-corrected chi connectivity index (χ0v) is 14.1. The molecule has 1 rings (SSSR count). The lowest BCUT2D eigenvalue weighted by molar-refractivity contribution is -0.124. The minimum Gasteiger partial charge on any atom is -0.397 e. The first-order valence-electron chi connectivity index (χ1n) is 7.14. The van der Waals surface area contributed by atoms with Crippen LogP contribution in [0.3, 0.4) is 0 Å². The molecule has 1 aromatic carbocycles. The monoisotopic (exact) mass is 306 g/mol. The van der Waals surface area contributed by atoms with Gasteiger partial charge in [-0.25, -0.2) is 0 Å². The summed E-state index contributed by atoms with van der Waals surface area (Å²) < 4.78 is 0. The summed E-state index contributed by atoms with van der Waals surface area (Å²) in [6, 6.07) is 3.11. The molecule has 1 aromatic rings. The fourth-order valence-corrected chi connectivity index (χ4v) is 1.46. The first-order valence-corrected chi connectivity index (χ1v) is 7.14. The lowest BCUT2D eigenvalue weighted by Crippen LogP contribution is -2.30. The quantitative estimate of drug-likeness (QED) is 0.630. The Hall–Kier alpha value is -2.24. The molecule has 0 saturated heterocycles. The van der Waals surface area contributed by atoms with Gasteiger partial charge in [-0.2, -0.15) is 0 Å². The normalized spacial score (nSPS) is 11.9. The Balaban J connectivity index is 3.18. The van der Waals surface area contributed by atoms with Crippen LogP contribution in [-0.4, -0.2) is 11.8 Å². The SMILES string of the molecule is CC(C)(C)C(=O)Nc1cc(N)c(N)cc1NC(=O)C(C)(C)C. The number of nitrogens with one attached hydrogen (secondary N) is 2. The van der Waals surface area contributed by atoms with Crippen LogP contribution in [0.5, 0.6) is 0 Å². The van der Waals surface area contributed by atoms with Gasteiger partial charge in [0.15, 0.2) is 0 Å². The van der Waals surface area contributed by atoms with Crippen molar-refractivity contribution in [3.8, 4) is 0 Å². The van der Waals surface area contributed by atoms with Crippen LogP contribution in [0.4, 0.5) is 22.7 Å². The molecule has 0 unspecified atom stereocenters. The Bertz CT molecular complexity index is 542. The molecule has 0 aliphatic carbocycles. The molecule has 22 heavy (non-hydrogen) atoms. The van der Waals surface area contributed by atoms with Gasteiger partial charge in [-0.05, 0) is 12.1 Å². The molecular formula is C16H26N4O2. The predicted octanol–water partition coefficient (Wildman–Crippen LogP) is 2.82. The van der Waals surface area contributed by atoms with Crippen LogP contribution in [0.15, 0.2) is 12.1 Å². The van der Waals surface area contributed by atoms with E-state index in [-0.39, 0.29) is 11.8 Å². The van der Waals surface area contributed by atoms with Crippen molar-refractivity contribution >= 4 is 34.6 Å². The standard InChI is InChI=1S/C16H26N4O2/c1-15(2,3)13(21)19-11-7-9(17)10(18)8-12(11)20-14(22)16(4,5)6/h7-8H,17-18H2,1-6H3,(H,19,21)(H,20,22). The second-order valence-corrected chi connectivity index (χ2v) is 7.43. The second kappa shape index (κ2) is 5.87. The van der Waals surface area contributed by atoms with Crippen molar-refractivity contribution in [3.05, 3.63) is 12.1 Å².